The second kappa shape index (κ2) is 5.43. The van der Waals surface area contributed by atoms with Crippen molar-refractivity contribution >= 4 is 5.82 Å². The maximum Gasteiger partial charge on any atom is 0.129 e. The van der Waals surface area contributed by atoms with Gasteiger partial charge in [-0.05, 0) is 6.42 Å². The molecule has 0 saturated heterocycles. The Kier molecular flexibility index (Phi) is 3.69. The van der Waals surface area contributed by atoms with Crippen LogP contribution in [0.25, 0.3) is 0 Å². The molecule has 0 atom stereocenters. The van der Waals surface area contributed by atoms with Gasteiger partial charge < -0.3 is 5.32 Å². The molecule has 0 aliphatic carbocycles. The Labute approximate surface area is 101 Å². The Bertz CT molecular complexity index is 477. The smallest absolute Gasteiger partial charge is 0.129 e. The first-order valence-corrected chi connectivity index (χ1v) is 5.80. The SMILES string of the molecule is CCCc1cc(NCc2cnn(C)c2)ncn1. The van der Waals surface area contributed by atoms with Gasteiger partial charge in [0, 0.05) is 37.1 Å². The minimum absolute atomic E-state index is 0.733. The van der Waals surface area contributed by atoms with Crippen LogP contribution in [-0.4, -0.2) is 19.7 Å². The van der Waals surface area contributed by atoms with Crippen molar-refractivity contribution in [3.63, 3.8) is 0 Å². The lowest BCUT2D eigenvalue weighted by molar-refractivity contribution is 0.767. The molecule has 0 radical (unpaired) electrons. The average Bonchev–Trinajstić information content (AvgIpc) is 2.74. The standard InChI is InChI=1S/C12H17N5/c1-3-4-11-5-12(15-9-14-11)13-6-10-7-16-17(2)8-10/h5,7-9H,3-4,6H2,1-2H3,(H,13,14,15). The number of nitrogens with one attached hydrogen (secondary N) is 1. The molecule has 2 heterocycles. The zero-order chi connectivity index (χ0) is 12.1. The van der Waals surface area contributed by atoms with Crippen LogP contribution in [0.5, 0.6) is 0 Å². The van der Waals surface area contributed by atoms with E-state index >= 15 is 0 Å². The highest BCUT2D eigenvalue weighted by atomic mass is 15.2. The fourth-order valence-electron chi connectivity index (χ4n) is 1.64. The van der Waals surface area contributed by atoms with E-state index in [0.717, 1.165) is 36.5 Å². The van der Waals surface area contributed by atoms with E-state index in [4.69, 9.17) is 0 Å². The van der Waals surface area contributed by atoms with Crippen molar-refractivity contribution in [1.29, 1.82) is 0 Å². The number of anilines is 1. The summed E-state index contributed by atoms with van der Waals surface area (Å²) >= 11 is 0. The minimum Gasteiger partial charge on any atom is -0.366 e. The molecule has 0 aliphatic rings. The summed E-state index contributed by atoms with van der Waals surface area (Å²) in [5.41, 5.74) is 2.22. The summed E-state index contributed by atoms with van der Waals surface area (Å²) in [5, 5.41) is 7.39. The number of rotatable bonds is 5. The first-order valence-electron chi connectivity index (χ1n) is 5.80. The molecule has 5 nitrogen and oxygen atoms in total. The van der Waals surface area contributed by atoms with Crippen LogP contribution in [0.15, 0.2) is 24.8 Å². The van der Waals surface area contributed by atoms with Crippen molar-refractivity contribution in [3.05, 3.63) is 36.0 Å². The molecule has 0 unspecified atom stereocenters. The molecule has 17 heavy (non-hydrogen) atoms. The maximum absolute atomic E-state index is 4.22. The lowest BCUT2D eigenvalue weighted by Crippen LogP contribution is -2.02. The van der Waals surface area contributed by atoms with Crippen LogP contribution < -0.4 is 5.32 Å². The lowest BCUT2D eigenvalue weighted by atomic mass is 10.2. The van der Waals surface area contributed by atoms with E-state index in [0.29, 0.717) is 0 Å². The second-order valence-corrected chi connectivity index (χ2v) is 4.02. The average molecular weight is 231 g/mol. The molecule has 0 fully saturated rings. The molecular formula is C12H17N5. The third-order valence-corrected chi connectivity index (χ3v) is 2.46. The number of hydrogen-bond acceptors (Lipinski definition) is 4. The highest BCUT2D eigenvalue weighted by Gasteiger charge is 1.99. The van der Waals surface area contributed by atoms with Gasteiger partial charge in [-0.2, -0.15) is 5.10 Å². The fourth-order valence-corrected chi connectivity index (χ4v) is 1.64. The van der Waals surface area contributed by atoms with Gasteiger partial charge in [0.05, 0.1) is 6.20 Å². The molecule has 5 heteroatoms. The molecule has 0 bridgehead atoms. The van der Waals surface area contributed by atoms with E-state index in [2.05, 4.69) is 27.3 Å². The summed E-state index contributed by atoms with van der Waals surface area (Å²) in [5.74, 6) is 0.868. The van der Waals surface area contributed by atoms with Gasteiger partial charge in [-0.1, -0.05) is 13.3 Å². The van der Waals surface area contributed by atoms with Crippen molar-refractivity contribution < 1.29 is 0 Å². The van der Waals surface area contributed by atoms with Gasteiger partial charge in [0.2, 0.25) is 0 Å². The predicted molar refractivity (Wildman–Crippen MR) is 66.6 cm³/mol. The Morgan fingerprint density at radius 3 is 2.94 bits per heavy atom. The molecule has 0 amide bonds. The Morgan fingerprint density at radius 1 is 1.35 bits per heavy atom. The molecule has 0 spiro atoms. The van der Waals surface area contributed by atoms with Gasteiger partial charge in [-0.25, -0.2) is 9.97 Å². The molecule has 1 N–H and O–H groups in total. The number of nitrogens with zero attached hydrogens (tertiary/aromatic N) is 4. The van der Waals surface area contributed by atoms with Crippen LogP contribution >= 0.6 is 0 Å². The molecule has 0 saturated carbocycles. The predicted octanol–water partition coefficient (Wildman–Crippen LogP) is 1.77. The molecule has 0 aromatic carbocycles. The van der Waals surface area contributed by atoms with Crippen LogP contribution in [-0.2, 0) is 20.0 Å². The zero-order valence-electron chi connectivity index (χ0n) is 10.2. The Morgan fingerprint density at radius 2 is 2.24 bits per heavy atom. The van der Waals surface area contributed by atoms with Crippen LogP contribution in [0.4, 0.5) is 5.82 Å². The summed E-state index contributed by atoms with van der Waals surface area (Å²) in [6.45, 7) is 2.88. The van der Waals surface area contributed by atoms with E-state index in [1.165, 1.54) is 0 Å². The minimum atomic E-state index is 0.733. The number of hydrogen-bond donors (Lipinski definition) is 1. The Hall–Kier alpha value is -1.91. The van der Waals surface area contributed by atoms with Gasteiger partial charge >= 0.3 is 0 Å². The molecule has 90 valence electrons. The van der Waals surface area contributed by atoms with E-state index in [1.54, 1.807) is 11.0 Å². The first-order chi connectivity index (χ1) is 8.28. The van der Waals surface area contributed by atoms with Gasteiger partial charge in [0.15, 0.2) is 0 Å². The van der Waals surface area contributed by atoms with Gasteiger partial charge in [-0.3, -0.25) is 4.68 Å². The topological polar surface area (TPSA) is 55.6 Å². The van der Waals surface area contributed by atoms with Crippen molar-refractivity contribution in [2.75, 3.05) is 5.32 Å². The van der Waals surface area contributed by atoms with E-state index in [1.807, 2.05) is 25.5 Å². The highest BCUT2D eigenvalue weighted by molar-refractivity contribution is 5.35. The van der Waals surface area contributed by atoms with Gasteiger partial charge in [0.1, 0.15) is 12.1 Å². The van der Waals surface area contributed by atoms with Crippen molar-refractivity contribution in [3.8, 4) is 0 Å². The largest absolute Gasteiger partial charge is 0.366 e. The first kappa shape index (κ1) is 11.6. The quantitative estimate of drug-likeness (QED) is 0.852. The second-order valence-electron chi connectivity index (χ2n) is 4.02. The number of aromatic nitrogens is 4. The normalized spacial score (nSPS) is 10.5. The van der Waals surface area contributed by atoms with E-state index in [9.17, 15) is 0 Å². The molecule has 2 aromatic rings. The Balaban J connectivity index is 1.96. The van der Waals surface area contributed by atoms with E-state index in [-0.39, 0.29) is 0 Å². The van der Waals surface area contributed by atoms with Gasteiger partial charge in [0.25, 0.3) is 0 Å². The monoisotopic (exact) mass is 231 g/mol. The molecule has 2 rings (SSSR count). The van der Waals surface area contributed by atoms with Crippen LogP contribution in [0.2, 0.25) is 0 Å². The third-order valence-electron chi connectivity index (χ3n) is 2.46. The van der Waals surface area contributed by atoms with Crippen LogP contribution in [0.1, 0.15) is 24.6 Å². The van der Waals surface area contributed by atoms with Crippen molar-refractivity contribution in [2.24, 2.45) is 7.05 Å². The summed E-state index contributed by atoms with van der Waals surface area (Å²) in [6, 6.07) is 2.00. The molecular weight excluding hydrogens is 214 g/mol. The maximum atomic E-state index is 4.22. The van der Waals surface area contributed by atoms with Crippen molar-refractivity contribution in [1.82, 2.24) is 19.7 Å². The molecule has 2 aromatic heterocycles. The van der Waals surface area contributed by atoms with Crippen LogP contribution in [0, 0.1) is 0 Å². The van der Waals surface area contributed by atoms with Crippen molar-refractivity contribution in [2.45, 2.75) is 26.3 Å². The van der Waals surface area contributed by atoms with Crippen LogP contribution in [0.3, 0.4) is 0 Å². The van der Waals surface area contributed by atoms with Gasteiger partial charge in [-0.15, -0.1) is 0 Å². The molecule has 0 aliphatic heterocycles. The zero-order valence-corrected chi connectivity index (χ0v) is 10.2. The highest BCUT2D eigenvalue weighted by Crippen LogP contribution is 2.07. The van der Waals surface area contributed by atoms with E-state index < -0.39 is 0 Å². The summed E-state index contributed by atoms with van der Waals surface area (Å²) < 4.78 is 1.79. The lowest BCUT2D eigenvalue weighted by Gasteiger charge is -2.04. The number of aryl methyl sites for hydroxylation is 2. The summed E-state index contributed by atoms with van der Waals surface area (Å²) in [7, 11) is 1.91. The summed E-state index contributed by atoms with van der Waals surface area (Å²) in [4.78, 5) is 8.41. The third kappa shape index (κ3) is 3.27. The fraction of sp³-hybridized carbons (Fsp3) is 0.417. The summed E-state index contributed by atoms with van der Waals surface area (Å²) in [6.07, 6.45) is 7.53.